The van der Waals surface area contributed by atoms with Gasteiger partial charge in [0.15, 0.2) is 0 Å². The Morgan fingerprint density at radius 3 is 2.20 bits per heavy atom. The number of nitrogens with one attached hydrogen (secondary N) is 1. The standard InChI is InChI=1S/C14H25N3O3/c1-9-7-16(8-12(9)13(18)19)14(20)15-17-10(2)5-4-6-11(17)3/h9-12H,4-8H2,1-3H3,(H,15,20)(H,18,19)/t9-,10?,11?,12-/m1/s1. The van der Waals surface area contributed by atoms with Gasteiger partial charge in [-0.05, 0) is 32.6 Å². The van der Waals surface area contributed by atoms with E-state index < -0.39 is 11.9 Å². The van der Waals surface area contributed by atoms with Gasteiger partial charge >= 0.3 is 12.0 Å². The van der Waals surface area contributed by atoms with Crippen molar-refractivity contribution in [2.45, 2.75) is 52.1 Å². The van der Waals surface area contributed by atoms with Gasteiger partial charge in [0.25, 0.3) is 0 Å². The first-order valence-electron chi connectivity index (χ1n) is 7.46. The van der Waals surface area contributed by atoms with E-state index in [0.29, 0.717) is 25.2 Å². The van der Waals surface area contributed by atoms with Gasteiger partial charge in [-0.25, -0.2) is 9.80 Å². The number of rotatable bonds is 2. The highest BCUT2D eigenvalue weighted by Crippen LogP contribution is 2.24. The van der Waals surface area contributed by atoms with E-state index in [4.69, 9.17) is 5.11 Å². The van der Waals surface area contributed by atoms with Crippen LogP contribution in [0.25, 0.3) is 0 Å². The van der Waals surface area contributed by atoms with Crippen molar-refractivity contribution in [2.24, 2.45) is 11.8 Å². The molecule has 2 aliphatic rings. The zero-order valence-corrected chi connectivity index (χ0v) is 12.5. The summed E-state index contributed by atoms with van der Waals surface area (Å²) < 4.78 is 0. The average molecular weight is 283 g/mol. The van der Waals surface area contributed by atoms with E-state index in [2.05, 4.69) is 19.3 Å². The lowest BCUT2D eigenvalue weighted by molar-refractivity contribution is -0.142. The monoisotopic (exact) mass is 283 g/mol. The zero-order chi connectivity index (χ0) is 14.9. The van der Waals surface area contributed by atoms with Crippen LogP contribution >= 0.6 is 0 Å². The van der Waals surface area contributed by atoms with Crippen molar-refractivity contribution in [3.05, 3.63) is 0 Å². The van der Waals surface area contributed by atoms with E-state index in [1.165, 1.54) is 6.42 Å². The van der Waals surface area contributed by atoms with Crippen LogP contribution in [0.4, 0.5) is 4.79 Å². The molecule has 114 valence electrons. The fraction of sp³-hybridized carbons (Fsp3) is 0.857. The third kappa shape index (κ3) is 3.06. The Hall–Kier alpha value is -1.30. The number of nitrogens with zero attached hydrogens (tertiary/aromatic N) is 2. The summed E-state index contributed by atoms with van der Waals surface area (Å²) in [4.78, 5) is 25.0. The molecule has 6 nitrogen and oxygen atoms in total. The molecule has 2 heterocycles. The molecule has 2 saturated heterocycles. The summed E-state index contributed by atoms with van der Waals surface area (Å²) in [6.07, 6.45) is 3.36. The lowest BCUT2D eigenvalue weighted by Gasteiger charge is -2.39. The van der Waals surface area contributed by atoms with Gasteiger partial charge in [-0.2, -0.15) is 0 Å². The van der Waals surface area contributed by atoms with Crippen molar-refractivity contribution >= 4 is 12.0 Å². The van der Waals surface area contributed by atoms with Crippen LogP contribution in [0.3, 0.4) is 0 Å². The van der Waals surface area contributed by atoms with Gasteiger partial charge in [-0.1, -0.05) is 13.3 Å². The molecule has 2 unspecified atom stereocenters. The molecule has 2 N–H and O–H groups in total. The molecule has 6 heteroatoms. The minimum Gasteiger partial charge on any atom is -0.481 e. The number of hydrogen-bond acceptors (Lipinski definition) is 3. The third-order valence-corrected chi connectivity index (χ3v) is 4.64. The summed E-state index contributed by atoms with van der Waals surface area (Å²) in [5, 5.41) is 11.1. The van der Waals surface area contributed by atoms with E-state index in [1.807, 2.05) is 11.9 Å². The molecule has 0 radical (unpaired) electrons. The first-order chi connectivity index (χ1) is 9.40. The Kier molecular flexibility index (Phi) is 4.52. The van der Waals surface area contributed by atoms with Gasteiger partial charge in [-0.15, -0.1) is 0 Å². The highest BCUT2D eigenvalue weighted by atomic mass is 16.4. The summed E-state index contributed by atoms with van der Waals surface area (Å²) in [5.74, 6) is -1.25. The molecule has 0 aromatic carbocycles. The van der Waals surface area contributed by atoms with E-state index in [1.54, 1.807) is 4.90 Å². The van der Waals surface area contributed by atoms with Crippen molar-refractivity contribution in [1.29, 1.82) is 0 Å². The predicted molar refractivity (Wildman–Crippen MR) is 75.0 cm³/mol. The van der Waals surface area contributed by atoms with Crippen molar-refractivity contribution in [1.82, 2.24) is 15.3 Å². The number of urea groups is 1. The quantitative estimate of drug-likeness (QED) is 0.806. The minimum atomic E-state index is -0.812. The van der Waals surface area contributed by atoms with Crippen molar-refractivity contribution < 1.29 is 14.7 Å². The molecular formula is C14H25N3O3. The number of carbonyl (C=O) groups is 2. The van der Waals surface area contributed by atoms with Crippen LogP contribution in [0.5, 0.6) is 0 Å². The van der Waals surface area contributed by atoms with Crippen LogP contribution in [0.15, 0.2) is 0 Å². The number of amides is 2. The maximum Gasteiger partial charge on any atom is 0.331 e. The summed E-state index contributed by atoms with van der Waals surface area (Å²) in [7, 11) is 0. The number of carboxylic acid groups (broad SMARTS) is 1. The molecule has 0 aromatic heterocycles. The molecule has 0 aliphatic carbocycles. The Morgan fingerprint density at radius 2 is 1.70 bits per heavy atom. The first kappa shape index (κ1) is 15.1. The highest BCUT2D eigenvalue weighted by Gasteiger charge is 2.38. The average Bonchev–Trinajstić information content (AvgIpc) is 2.76. The Morgan fingerprint density at radius 1 is 1.10 bits per heavy atom. The Balaban J connectivity index is 1.94. The van der Waals surface area contributed by atoms with Gasteiger partial charge in [-0.3, -0.25) is 10.2 Å². The molecule has 2 aliphatic heterocycles. The molecule has 0 bridgehead atoms. The van der Waals surface area contributed by atoms with Crippen molar-refractivity contribution in [2.75, 3.05) is 13.1 Å². The predicted octanol–water partition coefficient (Wildman–Crippen LogP) is 1.53. The van der Waals surface area contributed by atoms with Gasteiger partial charge in [0.2, 0.25) is 0 Å². The molecular weight excluding hydrogens is 258 g/mol. The second kappa shape index (κ2) is 5.99. The van der Waals surface area contributed by atoms with E-state index in [-0.39, 0.29) is 11.9 Å². The SMILES string of the molecule is CC1CCCC(C)N1NC(=O)N1C[C@@H](C)[C@H](C(=O)O)C1. The molecule has 20 heavy (non-hydrogen) atoms. The maximum absolute atomic E-state index is 12.3. The van der Waals surface area contributed by atoms with Gasteiger partial charge in [0.1, 0.15) is 0 Å². The lowest BCUT2D eigenvalue weighted by atomic mass is 9.99. The number of carboxylic acids is 1. The van der Waals surface area contributed by atoms with Crippen LogP contribution in [-0.4, -0.2) is 52.2 Å². The molecule has 2 amide bonds. The first-order valence-corrected chi connectivity index (χ1v) is 7.46. The number of hydrogen-bond donors (Lipinski definition) is 2. The van der Waals surface area contributed by atoms with Crippen LogP contribution in [0.1, 0.15) is 40.0 Å². The normalized spacial score (nSPS) is 35.0. The van der Waals surface area contributed by atoms with Crippen LogP contribution in [0, 0.1) is 11.8 Å². The van der Waals surface area contributed by atoms with E-state index in [0.717, 1.165) is 12.8 Å². The van der Waals surface area contributed by atoms with Gasteiger partial charge in [0.05, 0.1) is 5.92 Å². The van der Waals surface area contributed by atoms with Crippen LogP contribution in [-0.2, 0) is 4.79 Å². The summed E-state index contributed by atoms with van der Waals surface area (Å²) in [6, 6.07) is 0.497. The number of likely N-dealkylation sites (tertiary alicyclic amines) is 1. The zero-order valence-electron chi connectivity index (χ0n) is 12.5. The summed E-state index contributed by atoms with van der Waals surface area (Å²) >= 11 is 0. The topological polar surface area (TPSA) is 72.9 Å². The molecule has 2 rings (SSSR count). The van der Waals surface area contributed by atoms with Crippen molar-refractivity contribution in [3.63, 3.8) is 0 Å². The molecule has 2 fully saturated rings. The van der Waals surface area contributed by atoms with E-state index in [9.17, 15) is 9.59 Å². The highest BCUT2D eigenvalue weighted by molar-refractivity contribution is 5.77. The van der Waals surface area contributed by atoms with Crippen molar-refractivity contribution in [3.8, 4) is 0 Å². The van der Waals surface area contributed by atoms with Crippen LogP contribution in [0.2, 0.25) is 0 Å². The number of carbonyl (C=O) groups excluding carboxylic acids is 1. The fourth-order valence-corrected chi connectivity index (χ4v) is 3.28. The lowest BCUT2D eigenvalue weighted by Crippen LogP contribution is -2.57. The number of piperidine rings is 1. The number of hydrazine groups is 1. The molecule has 0 spiro atoms. The number of aliphatic carboxylic acids is 1. The van der Waals surface area contributed by atoms with Gasteiger partial charge in [0, 0.05) is 25.2 Å². The third-order valence-electron chi connectivity index (χ3n) is 4.64. The minimum absolute atomic E-state index is 0.00875. The summed E-state index contributed by atoms with van der Waals surface area (Å²) in [5.41, 5.74) is 2.97. The van der Waals surface area contributed by atoms with Gasteiger partial charge < -0.3 is 10.0 Å². The Labute approximate surface area is 120 Å². The Bertz CT molecular complexity index is 378. The maximum atomic E-state index is 12.3. The second-order valence-corrected chi connectivity index (χ2v) is 6.28. The largest absolute Gasteiger partial charge is 0.481 e. The smallest absolute Gasteiger partial charge is 0.331 e. The molecule has 0 aromatic rings. The van der Waals surface area contributed by atoms with E-state index >= 15 is 0 Å². The molecule has 4 atom stereocenters. The molecule has 0 saturated carbocycles. The fourth-order valence-electron chi connectivity index (χ4n) is 3.28. The van der Waals surface area contributed by atoms with Crippen LogP contribution < -0.4 is 5.43 Å². The second-order valence-electron chi connectivity index (χ2n) is 6.28. The summed E-state index contributed by atoms with van der Waals surface area (Å²) in [6.45, 7) is 6.93.